The molecule has 0 fully saturated rings. The number of hydrogen-bond donors (Lipinski definition) is 2. The van der Waals surface area contributed by atoms with Gasteiger partial charge in [-0.05, 0) is 43.0 Å². The van der Waals surface area contributed by atoms with E-state index >= 15 is 0 Å². The molecule has 0 radical (unpaired) electrons. The first-order valence-electron chi connectivity index (χ1n) is 9.98. The Balaban J connectivity index is 1.63. The third-order valence-corrected chi connectivity index (χ3v) is 6.45. The zero-order valence-corrected chi connectivity index (χ0v) is 17.9. The minimum atomic E-state index is -0.270. The Morgan fingerprint density at radius 1 is 1.07 bits per heavy atom. The molecule has 6 heteroatoms. The van der Waals surface area contributed by atoms with Crippen molar-refractivity contribution in [3.63, 3.8) is 0 Å². The van der Waals surface area contributed by atoms with E-state index in [1.807, 2.05) is 62.5 Å². The number of aromatic nitrogens is 1. The number of rotatable bonds is 7. The molecule has 2 heterocycles. The van der Waals surface area contributed by atoms with Gasteiger partial charge in [0.1, 0.15) is 0 Å². The van der Waals surface area contributed by atoms with Crippen molar-refractivity contribution in [2.24, 2.45) is 0 Å². The Kier molecular flexibility index (Phi) is 5.79. The Hall–Kier alpha value is -2.83. The molecule has 0 bridgehead atoms. The molecule has 30 heavy (non-hydrogen) atoms. The largest absolute Gasteiger partial charge is 0.396 e. The highest BCUT2D eigenvalue weighted by atomic mass is 32.2. The van der Waals surface area contributed by atoms with Crippen LogP contribution in [-0.4, -0.2) is 45.7 Å². The van der Waals surface area contributed by atoms with E-state index in [0.29, 0.717) is 29.2 Å². The van der Waals surface area contributed by atoms with Gasteiger partial charge in [-0.1, -0.05) is 42.0 Å². The first kappa shape index (κ1) is 20.4. The lowest BCUT2D eigenvalue weighted by atomic mass is 9.99. The molecule has 0 unspecified atom stereocenters. The van der Waals surface area contributed by atoms with E-state index in [4.69, 9.17) is 0 Å². The number of aliphatic hydroxyl groups is 1. The molecule has 0 atom stereocenters. The number of amides is 2. The molecule has 5 nitrogen and oxygen atoms in total. The lowest BCUT2D eigenvalue weighted by molar-refractivity contribution is -0.136. The average molecular weight is 421 g/mol. The molecule has 154 valence electrons. The van der Waals surface area contributed by atoms with Crippen molar-refractivity contribution in [1.29, 1.82) is 0 Å². The predicted molar refractivity (Wildman–Crippen MR) is 121 cm³/mol. The summed E-state index contributed by atoms with van der Waals surface area (Å²) in [6.07, 6.45) is 2.52. The molecule has 2 aromatic carbocycles. The summed E-state index contributed by atoms with van der Waals surface area (Å²) in [4.78, 5) is 31.5. The van der Waals surface area contributed by atoms with Crippen LogP contribution in [0.4, 0.5) is 0 Å². The Bertz CT molecular complexity index is 1160. The van der Waals surface area contributed by atoms with Crippen LogP contribution < -0.4 is 0 Å². The summed E-state index contributed by atoms with van der Waals surface area (Å²) < 4.78 is 0. The number of nitrogens with zero attached hydrogens (tertiary/aromatic N) is 1. The van der Waals surface area contributed by atoms with Gasteiger partial charge >= 0.3 is 0 Å². The lowest BCUT2D eigenvalue weighted by Gasteiger charge is -2.15. The maximum absolute atomic E-state index is 13.3. The summed E-state index contributed by atoms with van der Waals surface area (Å²) in [7, 11) is 0. The van der Waals surface area contributed by atoms with Crippen LogP contribution in [0.2, 0.25) is 0 Å². The molecular formula is C24H24N2O3S. The van der Waals surface area contributed by atoms with Crippen molar-refractivity contribution in [2.45, 2.75) is 20.3 Å². The van der Waals surface area contributed by atoms with Gasteiger partial charge < -0.3 is 10.1 Å². The van der Waals surface area contributed by atoms with Gasteiger partial charge in [-0.2, -0.15) is 0 Å². The molecule has 2 amide bonds. The molecule has 2 N–H and O–H groups in total. The number of aliphatic hydroxyl groups excluding tert-OH is 1. The van der Waals surface area contributed by atoms with Gasteiger partial charge in [0.05, 0.1) is 17.1 Å². The number of carbonyl (C=O) groups is 2. The fourth-order valence-electron chi connectivity index (χ4n) is 3.94. The summed E-state index contributed by atoms with van der Waals surface area (Å²) in [6.45, 7) is 4.22. The van der Waals surface area contributed by atoms with Crippen molar-refractivity contribution in [3.8, 4) is 0 Å². The number of hydrogen-bond acceptors (Lipinski definition) is 4. The standard InChI is InChI=1S/C24H24N2O3S/c1-15-7-8-18(16(2)13-15)21-22(30-12-11-27)24(29)26(23(21)28)10-9-17-14-25-20-6-4-3-5-19(17)20/h3-8,13-14,25,27H,9-12H2,1-2H3. The highest BCUT2D eigenvalue weighted by molar-refractivity contribution is 8.04. The number of aromatic amines is 1. The molecule has 0 saturated carbocycles. The number of benzene rings is 2. The van der Waals surface area contributed by atoms with Crippen LogP contribution in [0, 0.1) is 13.8 Å². The highest BCUT2D eigenvalue weighted by Crippen LogP contribution is 2.37. The molecule has 3 aromatic rings. The van der Waals surface area contributed by atoms with Crippen LogP contribution in [-0.2, 0) is 16.0 Å². The molecule has 0 saturated heterocycles. The number of nitrogens with one attached hydrogen (secondary N) is 1. The number of carbonyl (C=O) groups excluding carboxylic acids is 2. The molecule has 0 aliphatic carbocycles. The molecular weight excluding hydrogens is 396 g/mol. The molecule has 1 aliphatic heterocycles. The third kappa shape index (κ3) is 3.68. The van der Waals surface area contributed by atoms with E-state index in [9.17, 15) is 14.7 Å². The Morgan fingerprint density at radius 2 is 1.87 bits per heavy atom. The van der Waals surface area contributed by atoms with Crippen molar-refractivity contribution in [3.05, 3.63) is 75.8 Å². The summed E-state index contributed by atoms with van der Waals surface area (Å²) in [5.41, 5.74) is 5.43. The van der Waals surface area contributed by atoms with Gasteiger partial charge in [0.15, 0.2) is 0 Å². The molecule has 1 aromatic heterocycles. The second-order valence-corrected chi connectivity index (χ2v) is 8.57. The summed E-state index contributed by atoms with van der Waals surface area (Å²) >= 11 is 1.25. The fourth-order valence-corrected chi connectivity index (χ4v) is 4.81. The van der Waals surface area contributed by atoms with E-state index in [1.165, 1.54) is 16.7 Å². The van der Waals surface area contributed by atoms with Crippen LogP contribution in [0.25, 0.3) is 16.5 Å². The van der Waals surface area contributed by atoms with E-state index in [1.54, 1.807) is 0 Å². The van der Waals surface area contributed by atoms with E-state index in [-0.39, 0.29) is 18.4 Å². The molecule has 4 rings (SSSR count). The predicted octanol–water partition coefficient (Wildman–Crippen LogP) is 3.83. The first-order valence-corrected chi connectivity index (χ1v) is 11.0. The summed E-state index contributed by atoms with van der Waals surface area (Å²) in [5.74, 6) is -0.153. The van der Waals surface area contributed by atoms with Crippen LogP contribution >= 0.6 is 11.8 Å². The second-order valence-electron chi connectivity index (χ2n) is 7.47. The lowest BCUT2D eigenvalue weighted by Crippen LogP contribution is -2.33. The second kappa shape index (κ2) is 8.50. The van der Waals surface area contributed by atoms with Gasteiger partial charge in [0.2, 0.25) is 0 Å². The number of H-pyrrole nitrogens is 1. The maximum Gasteiger partial charge on any atom is 0.267 e. The van der Waals surface area contributed by atoms with E-state index in [0.717, 1.165) is 33.2 Å². The number of thioether (sulfide) groups is 1. The van der Waals surface area contributed by atoms with Crippen LogP contribution in [0.15, 0.2) is 53.6 Å². The summed E-state index contributed by atoms with van der Waals surface area (Å²) in [5, 5.41) is 10.4. The highest BCUT2D eigenvalue weighted by Gasteiger charge is 2.39. The minimum absolute atomic E-state index is 0.0505. The Labute approximate surface area is 179 Å². The van der Waals surface area contributed by atoms with Crippen molar-refractivity contribution >= 4 is 40.1 Å². The molecule has 0 spiro atoms. The van der Waals surface area contributed by atoms with Gasteiger partial charge in [-0.25, -0.2) is 0 Å². The number of imide groups is 1. The Morgan fingerprint density at radius 3 is 2.63 bits per heavy atom. The quantitative estimate of drug-likeness (QED) is 0.570. The third-order valence-electron chi connectivity index (χ3n) is 5.39. The maximum atomic E-state index is 13.3. The summed E-state index contributed by atoms with van der Waals surface area (Å²) in [6, 6.07) is 13.9. The van der Waals surface area contributed by atoms with E-state index in [2.05, 4.69) is 4.98 Å². The zero-order chi connectivity index (χ0) is 21.3. The van der Waals surface area contributed by atoms with E-state index < -0.39 is 0 Å². The monoisotopic (exact) mass is 420 g/mol. The normalized spacial score (nSPS) is 14.4. The van der Waals surface area contributed by atoms with Gasteiger partial charge in [0, 0.05) is 29.4 Å². The SMILES string of the molecule is Cc1ccc(C2=C(SCCO)C(=O)N(CCc3c[nH]c4ccccc34)C2=O)c(C)c1. The number of para-hydroxylation sites is 1. The number of fused-ring (bicyclic) bond motifs is 1. The topological polar surface area (TPSA) is 73.4 Å². The molecule has 1 aliphatic rings. The number of aryl methyl sites for hydroxylation is 2. The minimum Gasteiger partial charge on any atom is -0.396 e. The van der Waals surface area contributed by atoms with Crippen LogP contribution in [0.5, 0.6) is 0 Å². The smallest absolute Gasteiger partial charge is 0.267 e. The van der Waals surface area contributed by atoms with Crippen LogP contribution in [0.1, 0.15) is 22.3 Å². The fraction of sp³-hybridized carbons (Fsp3) is 0.250. The van der Waals surface area contributed by atoms with Gasteiger partial charge in [0.25, 0.3) is 11.8 Å². The van der Waals surface area contributed by atoms with Gasteiger partial charge in [-0.3, -0.25) is 14.5 Å². The van der Waals surface area contributed by atoms with Crippen LogP contribution in [0.3, 0.4) is 0 Å². The average Bonchev–Trinajstić information content (AvgIpc) is 3.24. The van der Waals surface area contributed by atoms with Crippen molar-refractivity contribution in [1.82, 2.24) is 9.88 Å². The van der Waals surface area contributed by atoms with Crippen molar-refractivity contribution in [2.75, 3.05) is 18.9 Å². The van der Waals surface area contributed by atoms with Gasteiger partial charge in [-0.15, -0.1) is 11.8 Å². The first-order chi connectivity index (χ1) is 14.5. The zero-order valence-electron chi connectivity index (χ0n) is 17.1. The van der Waals surface area contributed by atoms with Crippen molar-refractivity contribution < 1.29 is 14.7 Å².